The first-order chi connectivity index (χ1) is 9.15. The molecule has 5 nitrogen and oxygen atoms in total. The fourth-order valence-electron chi connectivity index (χ4n) is 1.50. The van der Waals surface area contributed by atoms with Crippen LogP contribution in [0.2, 0.25) is 5.02 Å². The molecule has 20 heavy (non-hydrogen) atoms. The van der Waals surface area contributed by atoms with Gasteiger partial charge in [-0.05, 0) is 6.92 Å². The predicted molar refractivity (Wildman–Crippen MR) is 61.7 cm³/mol. The van der Waals surface area contributed by atoms with Gasteiger partial charge in [0.05, 0.1) is 24.9 Å². The molecule has 0 atom stereocenters. The van der Waals surface area contributed by atoms with Gasteiger partial charge in [-0.25, -0.2) is 14.6 Å². The van der Waals surface area contributed by atoms with Crippen molar-refractivity contribution in [3.8, 4) is 0 Å². The second-order valence-electron chi connectivity index (χ2n) is 3.59. The zero-order valence-corrected chi connectivity index (χ0v) is 11.3. The van der Waals surface area contributed by atoms with Crippen molar-refractivity contribution in [3.63, 3.8) is 0 Å². The summed E-state index contributed by atoms with van der Waals surface area (Å²) in [5, 5.41) is -0.705. The molecule has 0 N–H and O–H groups in total. The van der Waals surface area contributed by atoms with Crippen LogP contribution in [0.3, 0.4) is 0 Å². The molecule has 110 valence electrons. The average molecular weight is 312 g/mol. The second-order valence-corrected chi connectivity index (χ2v) is 3.97. The van der Waals surface area contributed by atoms with Gasteiger partial charge in [0.15, 0.2) is 5.69 Å². The molecule has 0 amide bonds. The molecule has 0 radical (unpaired) electrons. The SMILES string of the molecule is COC(=O)c1c(C)nc(C(F)(F)F)c(C(=O)OC)c1Cl. The lowest BCUT2D eigenvalue weighted by Crippen LogP contribution is -2.21. The van der Waals surface area contributed by atoms with Crippen molar-refractivity contribution in [2.24, 2.45) is 0 Å². The fourth-order valence-corrected chi connectivity index (χ4v) is 1.88. The van der Waals surface area contributed by atoms with E-state index in [-0.39, 0.29) is 5.69 Å². The fraction of sp³-hybridized carbons (Fsp3) is 0.364. The third-order valence-corrected chi connectivity index (χ3v) is 2.74. The number of halogens is 4. The maximum absolute atomic E-state index is 12.9. The zero-order chi connectivity index (χ0) is 15.7. The summed E-state index contributed by atoms with van der Waals surface area (Å²) in [5.41, 5.74) is -3.25. The molecule has 1 heterocycles. The van der Waals surface area contributed by atoms with Gasteiger partial charge in [-0.1, -0.05) is 11.6 Å². The Morgan fingerprint density at radius 1 is 1.10 bits per heavy atom. The van der Waals surface area contributed by atoms with Crippen molar-refractivity contribution in [1.82, 2.24) is 4.98 Å². The molecule has 0 aliphatic carbocycles. The first-order valence-corrected chi connectivity index (χ1v) is 5.46. The number of carbonyl (C=O) groups is 2. The Bertz CT molecular complexity index is 572. The minimum Gasteiger partial charge on any atom is -0.465 e. The first-order valence-electron chi connectivity index (χ1n) is 5.09. The standard InChI is InChI=1S/C11H9ClF3NO4/c1-4-5(9(17)19-2)7(12)6(10(18)20-3)8(16-4)11(13,14)15/h1-3H3. The number of alkyl halides is 3. The van der Waals surface area contributed by atoms with E-state index in [9.17, 15) is 22.8 Å². The summed E-state index contributed by atoms with van der Waals surface area (Å²) in [4.78, 5) is 26.2. The van der Waals surface area contributed by atoms with Crippen molar-refractivity contribution in [3.05, 3.63) is 27.5 Å². The van der Waals surface area contributed by atoms with Gasteiger partial charge < -0.3 is 9.47 Å². The van der Waals surface area contributed by atoms with Gasteiger partial charge >= 0.3 is 18.1 Å². The Hall–Kier alpha value is -1.83. The number of carbonyl (C=O) groups excluding carboxylic acids is 2. The highest BCUT2D eigenvalue weighted by Gasteiger charge is 2.41. The molecule has 0 aromatic carbocycles. The van der Waals surface area contributed by atoms with Crippen molar-refractivity contribution < 1.29 is 32.2 Å². The Labute approximate surface area is 116 Å². The van der Waals surface area contributed by atoms with E-state index in [0.29, 0.717) is 0 Å². The normalized spacial score (nSPS) is 11.2. The van der Waals surface area contributed by atoms with Crippen LogP contribution >= 0.6 is 11.6 Å². The van der Waals surface area contributed by atoms with Crippen LogP contribution in [0.5, 0.6) is 0 Å². The molecule has 0 unspecified atom stereocenters. The summed E-state index contributed by atoms with van der Waals surface area (Å²) in [7, 11) is 1.91. The van der Waals surface area contributed by atoms with Gasteiger partial charge in [-0.15, -0.1) is 0 Å². The predicted octanol–water partition coefficient (Wildman–Crippen LogP) is 2.64. The largest absolute Gasteiger partial charge is 0.465 e. The highest BCUT2D eigenvalue weighted by atomic mass is 35.5. The van der Waals surface area contributed by atoms with Crippen LogP contribution in [0.4, 0.5) is 13.2 Å². The van der Waals surface area contributed by atoms with Crippen LogP contribution < -0.4 is 0 Å². The minimum atomic E-state index is -4.92. The molecular formula is C11H9ClF3NO4. The minimum absolute atomic E-state index is 0.304. The summed E-state index contributed by atoms with van der Waals surface area (Å²) in [6.45, 7) is 1.15. The molecule has 0 aliphatic heterocycles. The van der Waals surface area contributed by atoms with E-state index in [4.69, 9.17) is 11.6 Å². The summed E-state index contributed by atoms with van der Waals surface area (Å²) < 4.78 is 47.3. The van der Waals surface area contributed by atoms with E-state index in [1.165, 1.54) is 0 Å². The number of hydrogen-bond acceptors (Lipinski definition) is 5. The van der Waals surface area contributed by atoms with E-state index in [2.05, 4.69) is 14.5 Å². The Morgan fingerprint density at radius 3 is 1.95 bits per heavy atom. The van der Waals surface area contributed by atoms with Crippen LogP contribution in [0.25, 0.3) is 0 Å². The third-order valence-electron chi connectivity index (χ3n) is 2.36. The number of aromatic nitrogens is 1. The number of nitrogens with zero attached hydrogens (tertiary/aromatic N) is 1. The average Bonchev–Trinajstić information content (AvgIpc) is 2.35. The second kappa shape index (κ2) is 5.66. The van der Waals surface area contributed by atoms with Crippen molar-refractivity contribution in [1.29, 1.82) is 0 Å². The Morgan fingerprint density at radius 2 is 1.55 bits per heavy atom. The van der Waals surface area contributed by atoms with Crippen LogP contribution in [0.15, 0.2) is 0 Å². The van der Waals surface area contributed by atoms with Gasteiger partial charge in [0, 0.05) is 0 Å². The van der Waals surface area contributed by atoms with E-state index < -0.39 is 40.0 Å². The molecule has 0 spiro atoms. The molecule has 0 saturated carbocycles. The smallest absolute Gasteiger partial charge is 0.434 e. The number of rotatable bonds is 2. The van der Waals surface area contributed by atoms with Gasteiger partial charge in [0.1, 0.15) is 11.1 Å². The molecule has 1 rings (SSSR count). The highest BCUT2D eigenvalue weighted by molar-refractivity contribution is 6.36. The molecule has 0 aliphatic rings. The van der Waals surface area contributed by atoms with Crippen molar-refractivity contribution >= 4 is 23.5 Å². The first kappa shape index (κ1) is 16.2. The number of hydrogen-bond donors (Lipinski definition) is 0. The maximum Gasteiger partial charge on any atom is 0.434 e. The maximum atomic E-state index is 12.9. The lowest BCUT2D eigenvalue weighted by Gasteiger charge is -2.15. The van der Waals surface area contributed by atoms with Crippen LogP contribution in [0.1, 0.15) is 32.1 Å². The summed E-state index contributed by atoms with van der Waals surface area (Å²) in [6, 6.07) is 0. The summed E-state index contributed by atoms with van der Waals surface area (Å²) >= 11 is 5.73. The quantitative estimate of drug-likeness (QED) is 0.786. The van der Waals surface area contributed by atoms with Gasteiger partial charge in [-0.3, -0.25) is 0 Å². The monoisotopic (exact) mass is 311 g/mol. The number of esters is 2. The molecule has 1 aromatic heterocycles. The van der Waals surface area contributed by atoms with Crippen LogP contribution in [-0.2, 0) is 15.7 Å². The molecule has 0 bridgehead atoms. The van der Waals surface area contributed by atoms with Crippen molar-refractivity contribution in [2.75, 3.05) is 14.2 Å². The molecule has 0 saturated heterocycles. The summed E-state index contributed by atoms with van der Waals surface area (Å²) in [6.07, 6.45) is -4.92. The molecular weight excluding hydrogens is 303 g/mol. The number of pyridine rings is 1. The highest BCUT2D eigenvalue weighted by Crippen LogP contribution is 2.36. The lowest BCUT2D eigenvalue weighted by atomic mass is 10.1. The van der Waals surface area contributed by atoms with Crippen LogP contribution in [-0.4, -0.2) is 31.1 Å². The topological polar surface area (TPSA) is 65.5 Å². The lowest BCUT2D eigenvalue weighted by molar-refractivity contribution is -0.141. The third kappa shape index (κ3) is 2.84. The van der Waals surface area contributed by atoms with E-state index in [0.717, 1.165) is 21.1 Å². The number of methoxy groups -OCH3 is 2. The van der Waals surface area contributed by atoms with Gasteiger partial charge in [0.2, 0.25) is 0 Å². The molecule has 0 fully saturated rings. The number of aryl methyl sites for hydroxylation is 1. The van der Waals surface area contributed by atoms with E-state index in [1.807, 2.05) is 0 Å². The molecule has 9 heteroatoms. The Kier molecular flexibility index (Phi) is 4.59. The zero-order valence-electron chi connectivity index (χ0n) is 10.6. The summed E-state index contributed by atoms with van der Waals surface area (Å²) in [5.74, 6) is -2.35. The van der Waals surface area contributed by atoms with E-state index in [1.54, 1.807) is 0 Å². The van der Waals surface area contributed by atoms with Crippen LogP contribution in [0, 0.1) is 6.92 Å². The van der Waals surface area contributed by atoms with Crippen molar-refractivity contribution in [2.45, 2.75) is 13.1 Å². The Balaban J connectivity index is 3.75. The molecule has 1 aromatic rings. The van der Waals surface area contributed by atoms with E-state index >= 15 is 0 Å². The van der Waals surface area contributed by atoms with Gasteiger partial charge in [-0.2, -0.15) is 13.2 Å². The van der Waals surface area contributed by atoms with Gasteiger partial charge in [0.25, 0.3) is 0 Å². The number of ether oxygens (including phenoxy) is 2.